The number of nitrogens with one attached hydrogen (secondary N) is 1. The molecule has 2 aromatic rings. The van der Waals surface area contributed by atoms with Crippen LogP contribution in [0, 0.1) is 0 Å². The molecule has 2 aromatic carbocycles. The summed E-state index contributed by atoms with van der Waals surface area (Å²) in [5.41, 5.74) is 1.64. The maximum Gasteiger partial charge on any atom is 0.321 e. The van der Waals surface area contributed by atoms with Crippen molar-refractivity contribution in [1.29, 1.82) is 0 Å². The standard InChI is InChI=1S/C15H14Cl2N2O/c1-19(10-11-4-2-5-12(16)8-11)15(20)18-14-7-3-6-13(17)9-14/h2-9H,10H2,1H3,(H,18,20). The summed E-state index contributed by atoms with van der Waals surface area (Å²) in [6, 6.07) is 14.3. The lowest BCUT2D eigenvalue weighted by Crippen LogP contribution is -2.30. The second-order valence-corrected chi connectivity index (χ2v) is 5.30. The van der Waals surface area contributed by atoms with Gasteiger partial charge in [-0.15, -0.1) is 0 Å². The van der Waals surface area contributed by atoms with Crippen molar-refractivity contribution < 1.29 is 4.79 Å². The average Bonchev–Trinajstić information content (AvgIpc) is 2.38. The first kappa shape index (κ1) is 14.7. The van der Waals surface area contributed by atoms with Crippen molar-refractivity contribution >= 4 is 34.9 Å². The number of carbonyl (C=O) groups excluding carboxylic acids is 1. The Morgan fingerprint density at radius 2 is 1.75 bits per heavy atom. The second-order valence-electron chi connectivity index (χ2n) is 4.43. The molecule has 0 radical (unpaired) electrons. The highest BCUT2D eigenvalue weighted by atomic mass is 35.5. The van der Waals surface area contributed by atoms with Crippen LogP contribution in [0.2, 0.25) is 10.0 Å². The SMILES string of the molecule is CN(Cc1cccc(Cl)c1)C(=O)Nc1cccc(Cl)c1. The molecule has 20 heavy (non-hydrogen) atoms. The van der Waals surface area contributed by atoms with Gasteiger partial charge in [-0.2, -0.15) is 0 Å². The zero-order chi connectivity index (χ0) is 14.5. The molecule has 104 valence electrons. The fourth-order valence-electron chi connectivity index (χ4n) is 1.77. The largest absolute Gasteiger partial charge is 0.323 e. The molecule has 0 aliphatic carbocycles. The molecular weight excluding hydrogens is 295 g/mol. The van der Waals surface area contributed by atoms with Crippen LogP contribution in [0.15, 0.2) is 48.5 Å². The Morgan fingerprint density at radius 3 is 2.40 bits per heavy atom. The van der Waals surface area contributed by atoms with Crippen molar-refractivity contribution in [3.8, 4) is 0 Å². The van der Waals surface area contributed by atoms with Gasteiger partial charge in [0, 0.05) is 29.3 Å². The van der Waals surface area contributed by atoms with Gasteiger partial charge in [-0.3, -0.25) is 0 Å². The zero-order valence-electron chi connectivity index (χ0n) is 10.9. The fourth-order valence-corrected chi connectivity index (χ4v) is 2.17. The minimum absolute atomic E-state index is 0.202. The number of anilines is 1. The van der Waals surface area contributed by atoms with Crippen molar-refractivity contribution in [1.82, 2.24) is 4.90 Å². The molecule has 0 aliphatic heterocycles. The van der Waals surface area contributed by atoms with Gasteiger partial charge in [0.1, 0.15) is 0 Å². The van der Waals surface area contributed by atoms with Crippen LogP contribution in [0.25, 0.3) is 0 Å². The molecule has 0 saturated carbocycles. The van der Waals surface area contributed by atoms with Crippen molar-refractivity contribution in [3.05, 3.63) is 64.1 Å². The summed E-state index contributed by atoms with van der Waals surface area (Å²) in [4.78, 5) is 13.6. The molecule has 1 N–H and O–H groups in total. The Labute approximate surface area is 128 Å². The lowest BCUT2D eigenvalue weighted by Gasteiger charge is -2.18. The first-order valence-corrected chi connectivity index (χ1v) is 6.82. The van der Waals surface area contributed by atoms with Crippen LogP contribution in [0.1, 0.15) is 5.56 Å². The van der Waals surface area contributed by atoms with Gasteiger partial charge in [0.2, 0.25) is 0 Å². The summed E-state index contributed by atoms with van der Waals surface area (Å²) in [5.74, 6) is 0. The molecule has 2 rings (SSSR count). The maximum atomic E-state index is 12.1. The zero-order valence-corrected chi connectivity index (χ0v) is 12.4. The van der Waals surface area contributed by atoms with E-state index in [0.29, 0.717) is 22.3 Å². The molecule has 2 amide bonds. The molecule has 0 aliphatic rings. The molecule has 0 heterocycles. The highest BCUT2D eigenvalue weighted by Gasteiger charge is 2.09. The lowest BCUT2D eigenvalue weighted by atomic mass is 10.2. The minimum atomic E-state index is -0.202. The average molecular weight is 309 g/mol. The summed E-state index contributed by atoms with van der Waals surface area (Å²) in [7, 11) is 1.72. The van der Waals surface area contributed by atoms with Crippen LogP contribution in [-0.4, -0.2) is 18.0 Å². The Kier molecular flexibility index (Phi) is 4.88. The van der Waals surface area contributed by atoms with E-state index in [9.17, 15) is 4.79 Å². The van der Waals surface area contributed by atoms with Crippen LogP contribution in [-0.2, 0) is 6.54 Å². The van der Waals surface area contributed by atoms with Gasteiger partial charge >= 0.3 is 6.03 Å². The first-order chi connectivity index (χ1) is 9.54. The monoisotopic (exact) mass is 308 g/mol. The van der Waals surface area contributed by atoms with Gasteiger partial charge in [0.15, 0.2) is 0 Å². The molecule has 0 atom stereocenters. The highest BCUT2D eigenvalue weighted by molar-refractivity contribution is 6.31. The molecular formula is C15H14Cl2N2O. The summed E-state index contributed by atoms with van der Waals surface area (Å²) in [5, 5.41) is 4.03. The van der Waals surface area contributed by atoms with E-state index in [2.05, 4.69) is 5.32 Å². The van der Waals surface area contributed by atoms with E-state index in [0.717, 1.165) is 5.56 Å². The topological polar surface area (TPSA) is 32.3 Å². The molecule has 0 unspecified atom stereocenters. The number of nitrogens with zero attached hydrogens (tertiary/aromatic N) is 1. The van der Waals surface area contributed by atoms with E-state index in [1.54, 1.807) is 42.3 Å². The molecule has 0 fully saturated rings. The number of amides is 2. The van der Waals surface area contributed by atoms with E-state index in [1.807, 2.05) is 18.2 Å². The third-order valence-electron chi connectivity index (χ3n) is 2.73. The normalized spacial score (nSPS) is 10.2. The Hall–Kier alpha value is -1.71. The molecule has 0 spiro atoms. The van der Waals surface area contributed by atoms with Crippen LogP contribution in [0.5, 0.6) is 0 Å². The quantitative estimate of drug-likeness (QED) is 0.879. The Balaban J connectivity index is 1.98. The van der Waals surface area contributed by atoms with Gasteiger partial charge in [-0.25, -0.2) is 4.79 Å². The maximum absolute atomic E-state index is 12.1. The molecule has 0 bridgehead atoms. The van der Waals surface area contributed by atoms with E-state index >= 15 is 0 Å². The highest BCUT2D eigenvalue weighted by Crippen LogP contribution is 2.16. The number of rotatable bonds is 3. The minimum Gasteiger partial charge on any atom is -0.323 e. The Morgan fingerprint density at radius 1 is 1.10 bits per heavy atom. The summed E-state index contributed by atoms with van der Waals surface area (Å²) >= 11 is 11.8. The smallest absolute Gasteiger partial charge is 0.321 e. The number of halogens is 2. The van der Waals surface area contributed by atoms with E-state index in [-0.39, 0.29) is 6.03 Å². The van der Waals surface area contributed by atoms with Crippen molar-refractivity contribution in [2.75, 3.05) is 12.4 Å². The third kappa shape index (κ3) is 4.15. The van der Waals surface area contributed by atoms with E-state index < -0.39 is 0 Å². The van der Waals surface area contributed by atoms with Crippen LogP contribution < -0.4 is 5.32 Å². The number of urea groups is 1. The molecule has 0 saturated heterocycles. The third-order valence-corrected chi connectivity index (χ3v) is 3.20. The first-order valence-electron chi connectivity index (χ1n) is 6.07. The number of hydrogen-bond acceptors (Lipinski definition) is 1. The van der Waals surface area contributed by atoms with Gasteiger partial charge < -0.3 is 10.2 Å². The van der Waals surface area contributed by atoms with E-state index in [4.69, 9.17) is 23.2 Å². The lowest BCUT2D eigenvalue weighted by molar-refractivity contribution is 0.220. The van der Waals surface area contributed by atoms with Crippen molar-refractivity contribution in [2.24, 2.45) is 0 Å². The fraction of sp³-hybridized carbons (Fsp3) is 0.133. The summed E-state index contributed by atoms with van der Waals surface area (Å²) in [6.45, 7) is 0.479. The van der Waals surface area contributed by atoms with E-state index in [1.165, 1.54) is 0 Å². The second kappa shape index (κ2) is 6.64. The predicted molar refractivity (Wildman–Crippen MR) is 83.4 cm³/mol. The number of hydrogen-bond donors (Lipinski definition) is 1. The van der Waals surface area contributed by atoms with Crippen LogP contribution in [0.3, 0.4) is 0 Å². The van der Waals surface area contributed by atoms with Gasteiger partial charge in [-0.05, 0) is 35.9 Å². The van der Waals surface area contributed by atoms with Gasteiger partial charge in [0.25, 0.3) is 0 Å². The summed E-state index contributed by atoms with van der Waals surface area (Å²) < 4.78 is 0. The van der Waals surface area contributed by atoms with Crippen molar-refractivity contribution in [2.45, 2.75) is 6.54 Å². The number of benzene rings is 2. The predicted octanol–water partition coefficient (Wildman–Crippen LogP) is 4.66. The molecule has 3 nitrogen and oxygen atoms in total. The van der Waals surface area contributed by atoms with Crippen LogP contribution in [0.4, 0.5) is 10.5 Å². The van der Waals surface area contributed by atoms with Crippen LogP contribution >= 0.6 is 23.2 Å². The molecule has 5 heteroatoms. The number of carbonyl (C=O) groups is 1. The molecule has 0 aromatic heterocycles. The van der Waals surface area contributed by atoms with Crippen molar-refractivity contribution in [3.63, 3.8) is 0 Å². The summed E-state index contributed by atoms with van der Waals surface area (Å²) in [6.07, 6.45) is 0. The Bertz CT molecular complexity index is 616. The van der Waals surface area contributed by atoms with Gasteiger partial charge in [-0.1, -0.05) is 41.4 Å². The van der Waals surface area contributed by atoms with Gasteiger partial charge in [0.05, 0.1) is 0 Å².